The molecule has 1 saturated heterocycles. The Morgan fingerprint density at radius 3 is 2.76 bits per heavy atom. The maximum absolute atomic E-state index is 13.8. The van der Waals surface area contributed by atoms with E-state index in [0.29, 0.717) is 23.1 Å². The first kappa shape index (κ1) is 14.2. The Labute approximate surface area is 128 Å². The van der Waals surface area contributed by atoms with E-state index in [1.54, 1.807) is 6.07 Å². The van der Waals surface area contributed by atoms with Gasteiger partial charge in [0.1, 0.15) is 11.9 Å². The van der Waals surface area contributed by atoms with Gasteiger partial charge < -0.3 is 4.90 Å². The molecule has 3 amide bonds. The molecule has 3 rings (SSSR count). The van der Waals surface area contributed by atoms with Gasteiger partial charge in [0.15, 0.2) is 0 Å². The Balaban J connectivity index is 1.94. The van der Waals surface area contributed by atoms with Crippen LogP contribution < -0.4 is 5.32 Å². The zero-order valence-electron chi connectivity index (χ0n) is 11.0. The summed E-state index contributed by atoms with van der Waals surface area (Å²) in [5.41, 5.74) is 1.35. The number of benzene rings is 1. The predicted octanol–water partition coefficient (Wildman–Crippen LogP) is 1.48. The molecule has 0 spiro atoms. The van der Waals surface area contributed by atoms with Crippen LogP contribution in [0.1, 0.15) is 34.3 Å². The first-order chi connectivity index (χ1) is 10.0. The molecular weight excluding hydrogens is 343 g/mol. The van der Waals surface area contributed by atoms with Crippen LogP contribution in [0.25, 0.3) is 0 Å². The predicted molar refractivity (Wildman–Crippen MR) is 75.1 cm³/mol. The molecule has 1 unspecified atom stereocenters. The number of carbonyl (C=O) groups is 3. The number of piperidine rings is 1. The van der Waals surface area contributed by atoms with Gasteiger partial charge in [-0.2, -0.15) is 0 Å². The Bertz CT molecular complexity index is 662. The van der Waals surface area contributed by atoms with Crippen molar-refractivity contribution in [2.24, 2.45) is 0 Å². The van der Waals surface area contributed by atoms with E-state index in [1.165, 1.54) is 11.0 Å². The fourth-order valence-corrected chi connectivity index (χ4v) is 3.38. The third-order valence-corrected chi connectivity index (χ3v) is 4.44. The molecule has 2 aliphatic rings. The van der Waals surface area contributed by atoms with Gasteiger partial charge in [-0.1, -0.05) is 22.0 Å². The van der Waals surface area contributed by atoms with E-state index in [4.69, 9.17) is 0 Å². The molecule has 0 aromatic heterocycles. The topological polar surface area (TPSA) is 66.5 Å². The molecule has 1 atom stereocenters. The van der Waals surface area contributed by atoms with Gasteiger partial charge in [0, 0.05) is 23.9 Å². The molecule has 2 aliphatic heterocycles. The van der Waals surface area contributed by atoms with Crippen molar-refractivity contribution in [1.82, 2.24) is 10.2 Å². The first-order valence-corrected chi connectivity index (χ1v) is 7.66. The highest BCUT2D eigenvalue weighted by atomic mass is 79.9. The summed E-state index contributed by atoms with van der Waals surface area (Å²) < 4.78 is 13.8. The number of hydrogen-bond acceptors (Lipinski definition) is 3. The van der Waals surface area contributed by atoms with Gasteiger partial charge >= 0.3 is 0 Å². The Hall–Kier alpha value is -1.76. The van der Waals surface area contributed by atoms with Gasteiger partial charge in [-0.25, -0.2) is 4.39 Å². The highest BCUT2D eigenvalue weighted by Crippen LogP contribution is 2.31. The highest BCUT2D eigenvalue weighted by Gasteiger charge is 2.40. The van der Waals surface area contributed by atoms with E-state index in [2.05, 4.69) is 21.2 Å². The molecule has 1 fully saturated rings. The smallest absolute Gasteiger partial charge is 0.255 e. The Morgan fingerprint density at radius 1 is 1.33 bits per heavy atom. The van der Waals surface area contributed by atoms with Crippen molar-refractivity contribution in [1.29, 1.82) is 0 Å². The third kappa shape index (κ3) is 2.25. The first-order valence-electron chi connectivity index (χ1n) is 6.53. The molecule has 0 saturated carbocycles. The Morgan fingerprint density at radius 2 is 2.10 bits per heavy atom. The molecule has 2 heterocycles. The van der Waals surface area contributed by atoms with Crippen molar-refractivity contribution in [2.45, 2.75) is 30.8 Å². The number of alkyl halides is 1. The zero-order valence-corrected chi connectivity index (χ0v) is 12.6. The standard InChI is InChI=1S/C14H12BrFN2O3/c15-5-8-9(16)2-1-7-6-18(14(21)12(7)8)10-3-4-11(19)17-13(10)20/h1-2,10H,3-6H2,(H,17,19,20). The molecule has 0 aliphatic carbocycles. The summed E-state index contributed by atoms with van der Waals surface area (Å²) in [6.07, 6.45) is 0.507. The fraction of sp³-hybridized carbons (Fsp3) is 0.357. The zero-order chi connectivity index (χ0) is 15.1. The molecule has 110 valence electrons. The van der Waals surface area contributed by atoms with Crippen molar-refractivity contribution < 1.29 is 18.8 Å². The molecule has 1 aromatic rings. The summed E-state index contributed by atoms with van der Waals surface area (Å²) in [7, 11) is 0. The van der Waals surface area contributed by atoms with E-state index < -0.39 is 17.8 Å². The second kappa shape index (κ2) is 5.22. The third-order valence-electron chi connectivity index (χ3n) is 3.88. The normalized spacial score (nSPS) is 21.5. The number of carbonyl (C=O) groups excluding carboxylic acids is 3. The van der Waals surface area contributed by atoms with E-state index in [0.717, 1.165) is 0 Å². The van der Waals surface area contributed by atoms with E-state index in [1.807, 2.05) is 0 Å². The number of amides is 3. The van der Waals surface area contributed by atoms with Crippen LogP contribution in [0.5, 0.6) is 0 Å². The quantitative estimate of drug-likeness (QED) is 0.646. The maximum Gasteiger partial charge on any atom is 0.255 e. The van der Waals surface area contributed by atoms with E-state index in [-0.39, 0.29) is 30.1 Å². The van der Waals surface area contributed by atoms with Gasteiger partial charge in [0.05, 0.1) is 5.56 Å². The highest BCUT2D eigenvalue weighted by molar-refractivity contribution is 9.08. The van der Waals surface area contributed by atoms with Crippen LogP contribution in [-0.2, 0) is 21.5 Å². The minimum Gasteiger partial charge on any atom is -0.322 e. The fourth-order valence-electron chi connectivity index (χ4n) is 2.83. The number of nitrogens with zero attached hydrogens (tertiary/aromatic N) is 1. The van der Waals surface area contributed by atoms with Crippen LogP contribution in [0.2, 0.25) is 0 Å². The number of fused-ring (bicyclic) bond motifs is 1. The Kier molecular flexibility index (Phi) is 3.52. The summed E-state index contributed by atoms with van der Waals surface area (Å²) >= 11 is 3.19. The van der Waals surface area contributed by atoms with Gasteiger partial charge in [0.2, 0.25) is 11.8 Å². The van der Waals surface area contributed by atoms with Crippen LogP contribution in [0.3, 0.4) is 0 Å². The number of hydrogen-bond donors (Lipinski definition) is 1. The van der Waals surface area contributed by atoms with Crippen molar-refractivity contribution in [2.75, 3.05) is 0 Å². The van der Waals surface area contributed by atoms with Crippen LogP contribution in [-0.4, -0.2) is 28.7 Å². The van der Waals surface area contributed by atoms with Gasteiger partial charge in [-0.15, -0.1) is 0 Å². The molecule has 0 bridgehead atoms. The largest absolute Gasteiger partial charge is 0.322 e. The van der Waals surface area contributed by atoms with Crippen LogP contribution in [0.15, 0.2) is 12.1 Å². The molecule has 21 heavy (non-hydrogen) atoms. The van der Waals surface area contributed by atoms with E-state index in [9.17, 15) is 18.8 Å². The summed E-state index contributed by atoms with van der Waals surface area (Å²) in [6, 6.07) is 2.23. The summed E-state index contributed by atoms with van der Waals surface area (Å²) in [5, 5.41) is 2.47. The van der Waals surface area contributed by atoms with Crippen LogP contribution in [0, 0.1) is 5.82 Å². The second-order valence-corrected chi connectivity index (χ2v) is 5.65. The lowest BCUT2D eigenvalue weighted by atomic mass is 10.0. The van der Waals surface area contributed by atoms with Crippen molar-refractivity contribution in [3.05, 3.63) is 34.6 Å². The average molecular weight is 355 g/mol. The number of imide groups is 1. The minimum absolute atomic E-state index is 0.205. The van der Waals surface area contributed by atoms with Crippen molar-refractivity contribution in [3.8, 4) is 0 Å². The van der Waals surface area contributed by atoms with Crippen LogP contribution in [0.4, 0.5) is 4.39 Å². The van der Waals surface area contributed by atoms with Crippen LogP contribution >= 0.6 is 15.9 Å². The SMILES string of the molecule is O=C1CCC(N2Cc3ccc(F)c(CBr)c3C2=O)C(=O)N1. The molecule has 1 N–H and O–H groups in total. The summed E-state index contributed by atoms with van der Waals surface area (Å²) in [6.45, 7) is 0.265. The summed E-state index contributed by atoms with van der Waals surface area (Å²) in [4.78, 5) is 37.0. The summed E-state index contributed by atoms with van der Waals surface area (Å²) in [5.74, 6) is -1.58. The monoisotopic (exact) mass is 354 g/mol. The lowest BCUT2D eigenvalue weighted by Gasteiger charge is -2.29. The number of nitrogens with one attached hydrogen (secondary N) is 1. The van der Waals surface area contributed by atoms with Crippen molar-refractivity contribution in [3.63, 3.8) is 0 Å². The number of halogens is 2. The lowest BCUT2D eigenvalue weighted by molar-refractivity contribution is -0.136. The average Bonchev–Trinajstić information content (AvgIpc) is 2.77. The molecule has 5 nitrogen and oxygen atoms in total. The molecule has 7 heteroatoms. The van der Waals surface area contributed by atoms with E-state index >= 15 is 0 Å². The van der Waals surface area contributed by atoms with Crippen molar-refractivity contribution >= 4 is 33.7 Å². The second-order valence-electron chi connectivity index (χ2n) is 5.09. The van der Waals surface area contributed by atoms with Gasteiger partial charge in [-0.05, 0) is 18.1 Å². The molecule has 0 radical (unpaired) electrons. The molecule has 1 aromatic carbocycles. The molecular formula is C14H12BrFN2O3. The number of rotatable bonds is 2. The lowest BCUT2D eigenvalue weighted by Crippen LogP contribution is -2.52. The van der Waals surface area contributed by atoms with Gasteiger partial charge in [-0.3, -0.25) is 19.7 Å². The van der Waals surface area contributed by atoms with Gasteiger partial charge in [0.25, 0.3) is 5.91 Å². The minimum atomic E-state index is -0.672. The maximum atomic E-state index is 13.8.